The molecule has 0 saturated heterocycles. The Kier molecular flexibility index (Phi) is 4.01. The van der Waals surface area contributed by atoms with E-state index in [4.69, 9.17) is 4.42 Å². The zero-order valence-corrected chi connectivity index (χ0v) is 14.4. The number of aromatic hydroxyl groups is 1. The van der Waals surface area contributed by atoms with Gasteiger partial charge in [-0.15, -0.1) is 0 Å². The number of rotatable bonds is 2. The van der Waals surface area contributed by atoms with Gasteiger partial charge in [0.15, 0.2) is 5.76 Å². The van der Waals surface area contributed by atoms with Gasteiger partial charge in [0, 0.05) is 21.9 Å². The van der Waals surface area contributed by atoms with Crippen molar-refractivity contribution in [3.8, 4) is 5.75 Å². The molecule has 6 nitrogen and oxygen atoms in total. The molecule has 0 fully saturated rings. The highest BCUT2D eigenvalue weighted by atomic mass is 16.3. The lowest BCUT2D eigenvalue weighted by atomic mass is 10.1. The number of fused-ring (bicyclic) bond motifs is 3. The van der Waals surface area contributed by atoms with E-state index in [-0.39, 0.29) is 17.1 Å². The number of hydrogen-bond donors (Lipinski definition) is 3. The summed E-state index contributed by atoms with van der Waals surface area (Å²) < 4.78 is 5.83. The summed E-state index contributed by atoms with van der Waals surface area (Å²) in [6, 6.07) is 17.5. The fourth-order valence-corrected chi connectivity index (χ4v) is 3.06. The van der Waals surface area contributed by atoms with Crippen LogP contribution in [-0.4, -0.2) is 16.9 Å². The van der Waals surface area contributed by atoms with E-state index in [1.54, 1.807) is 13.0 Å². The number of hydrazine groups is 1. The predicted octanol–water partition coefficient (Wildman–Crippen LogP) is 3.67. The molecule has 0 atom stereocenters. The van der Waals surface area contributed by atoms with E-state index in [2.05, 4.69) is 10.9 Å². The van der Waals surface area contributed by atoms with Crippen LogP contribution in [0.15, 0.2) is 65.1 Å². The highest BCUT2D eigenvalue weighted by Crippen LogP contribution is 2.31. The first kappa shape index (κ1) is 16.7. The molecule has 0 aliphatic heterocycles. The van der Waals surface area contributed by atoms with Crippen molar-refractivity contribution in [3.63, 3.8) is 0 Å². The predicted molar refractivity (Wildman–Crippen MR) is 101 cm³/mol. The molecule has 0 saturated carbocycles. The van der Waals surface area contributed by atoms with Crippen LogP contribution in [0.1, 0.15) is 26.5 Å². The van der Waals surface area contributed by atoms with Crippen LogP contribution in [0.5, 0.6) is 5.75 Å². The van der Waals surface area contributed by atoms with Crippen molar-refractivity contribution in [1.82, 2.24) is 10.9 Å². The van der Waals surface area contributed by atoms with Crippen molar-refractivity contribution >= 4 is 33.6 Å². The SMILES string of the molecule is Cc1c(C(=O)NNC(=O)c2cccc(O)c2)oc2c1ccc1ccccc12. The summed E-state index contributed by atoms with van der Waals surface area (Å²) >= 11 is 0. The van der Waals surface area contributed by atoms with Gasteiger partial charge in [0.1, 0.15) is 11.3 Å². The zero-order valence-electron chi connectivity index (χ0n) is 14.4. The van der Waals surface area contributed by atoms with Crippen molar-refractivity contribution in [2.75, 3.05) is 0 Å². The highest BCUT2D eigenvalue weighted by Gasteiger charge is 2.19. The Morgan fingerprint density at radius 2 is 1.67 bits per heavy atom. The van der Waals surface area contributed by atoms with Gasteiger partial charge < -0.3 is 9.52 Å². The summed E-state index contributed by atoms with van der Waals surface area (Å²) in [5.41, 5.74) is 6.23. The van der Waals surface area contributed by atoms with Gasteiger partial charge in [-0.2, -0.15) is 0 Å². The maximum Gasteiger partial charge on any atom is 0.305 e. The maximum absolute atomic E-state index is 12.5. The van der Waals surface area contributed by atoms with E-state index in [1.807, 2.05) is 36.4 Å². The molecule has 0 unspecified atom stereocenters. The lowest BCUT2D eigenvalue weighted by Gasteiger charge is -2.06. The number of furan rings is 1. The molecule has 0 bridgehead atoms. The van der Waals surface area contributed by atoms with Gasteiger partial charge in [0.2, 0.25) is 0 Å². The van der Waals surface area contributed by atoms with Crippen LogP contribution in [0.25, 0.3) is 21.7 Å². The monoisotopic (exact) mass is 360 g/mol. The molecule has 6 heteroatoms. The number of benzene rings is 3. The first-order chi connectivity index (χ1) is 13.0. The largest absolute Gasteiger partial charge is 0.508 e. The van der Waals surface area contributed by atoms with Gasteiger partial charge in [-0.25, -0.2) is 0 Å². The summed E-state index contributed by atoms with van der Waals surface area (Å²) in [6.45, 7) is 1.80. The second-order valence-corrected chi connectivity index (χ2v) is 6.18. The molecule has 3 aromatic carbocycles. The fraction of sp³-hybridized carbons (Fsp3) is 0.0476. The number of carbonyl (C=O) groups excluding carboxylic acids is 2. The molecule has 3 N–H and O–H groups in total. The minimum atomic E-state index is -0.554. The van der Waals surface area contributed by atoms with Crippen molar-refractivity contribution < 1.29 is 19.1 Å². The van der Waals surface area contributed by atoms with Gasteiger partial charge in [-0.3, -0.25) is 20.4 Å². The topological polar surface area (TPSA) is 91.6 Å². The lowest BCUT2D eigenvalue weighted by Crippen LogP contribution is -2.41. The molecule has 2 amide bonds. The Hall–Kier alpha value is -3.80. The molecule has 4 rings (SSSR count). The number of amides is 2. The van der Waals surface area contributed by atoms with Crippen LogP contribution in [-0.2, 0) is 0 Å². The molecule has 0 radical (unpaired) electrons. The summed E-state index contributed by atoms with van der Waals surface area (Å²) in [7, 11) is 0. The van der Waals surface area contributed by atoms with E-state index in [0.717, 1.165) is 16.2 Å². The number of phenols is 1. The molecular formula is C21H16N2O4. The molecule has 4 aromatic rings. The van der Waals surface area contributed by atoms with Crippen LogP contribution in [0.2, 0.25) is 0 Å². The van der Waals surface area contributed by atoms with Crippen molar-refractivity contribution in [2.45, 2.75) is 6.92 Å². The molecule has 27 heavy (non-hydrogen) atoms. The van der Waals surface area contributed by atoms with Crippen LogP contribution >= 0.6 is 0 Å². The number of nitrogens with one attached hydrogen (secondary N) is 2. The Morgan fingerprint density at radius 1 is 0.889 bits per heavy atom. The van der Waals surface area contributed by atoms with Crippen LogP contribution in [0.3, 0.4) is 0 Å². The molecule has 1 aromatic heterocycles. The third kappa shape index (κ3) is 2.97. The second kappa shape index (κ2) is 6.49. The average Bonchev–Trinajstić information content (AvgIpc) is 3.03. The van der Waals surface area contributed by atoms with Crippen LogP contribution in [0.4, 0.5) is 0 Å². The van der Waals surface area contributed by atoms with Crippen molar-refractivity contribution in [1.29, 1.82) is 0 Å². The molecule has 0 aliphatic carbocycles. The number of phenolic OH excluding ortho intramolecular Hbond substituents is 1. The van der Waals surface area contributed by atoms with E-state index < -0.39 is 11.8 Å². The van der Waals surface area contributed by atoms with E-state index in [1.165, 1.54) is 18.2 Å². The number of carbonyl (C=O) groups is 2. The average molecular weight is 360 g/mol. The summed E-state index contributed by atoms with van der Waals surface area (Å²) in [6.07, 6.45) is 0. The minimum absolute atomic E-state index is 0.0333. The van der Waals surface area contributed by atoms with Crippen LogP contribution in [0, 0.1) is 6.92 Å². The molecule has 0 spiro atoms. The molecule has 134 valence electrons. The van der Waals surface area contributed by atoms with Gasteiger partial charge in [0.05, 0.1) is 0 Å². The van der Waals surface area contributed by atoms with Crippen LogP contribution < -0.4 is 10.9 Å². The molecule has 0 aliphatic rings. The Bertz CT molecular complexity index is 1190. The summed E-state index contributed by atoms with van der Waals surface area (Å²) in [4.78, 5) is 24.6. The van der Waals surface area contributed by atoms with Gasteiger partial charge in [-0.05, 0) is 30.5 Å². The Labute approximate surface area is 154 Å². The third-order valence-electron chi connectivity index (χ3n) is 4.43. The van der Waals surface area contributed by atoms with E-state index in [0.29, 0.717) is 11.1 Å². The van der Waals surface area contributed by atoms with Gasteiger partial charge >= 0.3 is 5.91 Å². The quantitative estimate of drug-likeness (QED) is 0.476. The molecular weight excluding hydrogens is 344 g/mol. The maximum atomic E-state index is 12.5. The zero-order chi connectivity index (χ0) is 19.0. The van der Waals surface area contributed by atoms with E-state index in [9.17, 15) is 14.7 Å². The normalized spacial score (nSPS) is 10.9. The minimum Gasteiger partial charge on any atom is -0.508 e. The highest BCUT2D eigenvalue weighted by molar-refractivity contribution is 6.09. The second-order valence-electron chi connectivity index (χ2n) is 6.18. The fourth-order valence-electron chi connectivity index (χ4n) is 3.06. The molecule has 1 heterocycles. The smallest absolute Gasteiger partial charge is 0.305 e. The third-order valence-corrected chi connectivity index (χ3v) is 4.43. The van der Waals surface area contributed by atoms with Gasteiger partial charge in [0.25, 0.3) is 5.91 Å². The van der Waals surface area contributed by atoms with Crippen molar-refractivity contribution in [3.05, 3.63) is 77.6 Å². The Balaban J connectivity index is 1.60. The first-order valence-corrected chi connectivity index (χ1v) is 8.35. The standard InChI is InChI=1S/C21H16N2O4/c1-12-16-10-9-13-5-2-3-8-17(13)19(16)27-18(12)21(26)23-22-20(25)14-6-4-7-15(24)11-14/h2-11,24H,1H3,(H,22,25)(H,23,26). The van der Waals surface area contributed by atoms with Crippen molar-refractivity contribution in [2.24, 2.45) is 0 Å². The summed E-state index contributed by atoms with van der Waals surface area (Å²) in [5.74, 6) is -0.994. The summed E-state index contributed by atoms with van der Waals surface area (Å²) in [5, 5.41) is 12.2. The van der Waals surface area contributed by atoms with E-state index >= 15 is 0 Å². The number of aryl methyl sites for hydroxylation is 1. The van der Waals surface area contributed by atoms with Gasteiger partial charge in [-0.1, -0.05) is 42.5 Å². The number of hydrogen-bond acceptors (Lipinski definition) is 4. The lowest BCUT2D eigenvalue weighted by molar-refractivity contribution is 0.0831. The Morgan fingerprint density at radius 3 is 2.48 bits per heavy atom. The first-order valence-electron chi connectivity index (χ1n) is 8.35.